The van der Waals surface area contributed by atoms with Crippen LogP contribution in [0.4, 0.5) is 0 Å². The van der Waals surface area contributed by atoms with Crippen molar-refractivity contribution in [3.8, 4) is 0 Å². The van der Waals surface area contributed by atoms with Crippen molar-refractivity contribution in [2.75, 3.05) is 39.3 Å². The van der Waals surface area contributed by atoms with Crippen LogP contribution in [0, 0.1) is 11.8 Å². The van der Waals surface area contributed by atoms with Gasteiger partial charge in [0.1, 0.15) is 0 Å². The number of carbonyl (C=O) groups is 1. The Bertz CT molecular complexity index is 558. The number of aromatic nitrogens is 1. The Labute approximate surface area is 180 Å². The fraction of sp³-hybridized carbons (Fsp3) is 0.789. The fourth-order valence-corrected chi connectivity index (χ4v) is 4.69. The zero-order valence-electron chi connectivity index (χ0n) is 16.5. The molecule has 3 heterocycles. The van der Waals surface area contributed by atoms with Crippen LogP contribution in [-0.4, -0.2) is 60.0 Å². The zero-order valence-corrected chi connectivity index (χ0v) is 18.9. The minimum Gasteiger partial charge on any atom is -0.340 e. The summed E-state index contributed by atoms with van der Waals surface area (Å²) in [7, 11) is 0. The molecule has 0 aromatic carbocycles. The first-order chi connectivity index (χ1) is 12.2. The van der Waals surface area contributed by atoms with Gasteiger partial charge in [-0.15, -0.1) is 36.2 Å². The lowest BCUT2D eigenvalue weighted by Crippen LogP contribution is -2.48. The maximum absolute atomic E-state index is 12.6. The number of carbonyl (C=O) groups excluding carboxylic acids is 1. The number of hydrogen-bond donors (Lipinski definition) is 1. The molecular formula is C19H34Cl2N4OS. The summed E-state index contributed by atoms with van der Waals surface area (Å²) >= 11 is 1.76. The van der Waals surface area contributed by atoms with Crippen LogP contribution in [0.25, 0.3) is 0 Å². The van der Waals surface area contributed by atoms with Gasteiger partial charge in [-0.2, -0.15) is 0 Å². The summed E-state index contributed by atoms with van der Waals surface area (Å²) in [5.74, 6) is 1.58. The van der Waals surface area contributed by atoms with Gasteiger partial charge in [0.2, 0.25) is 5.91 Å². The number of aryl methyl sites for hydroxylation is 1. The van der Waals surface area contributed by atoms with Gasteiger partial charge in [-0.25, -0.2) is 4.98 Å². The van der Waals surface area contributed by atoms with Crippen molar-refractivity contribution in [1.82, 2.24) is 20.1 Å². The summed E-state index contributed by atoms with van der Waals surface area (Å²) in [4.78, 5) is 21.8. The van der Waals surface area contributed by atoms with E-state index >= 15 is 0 Å². The van der Waals surface area contributed by atoms with E-state index in [4.69, 9.17) is 0 Å². The van der Waals surface area contributed by atoms with Crippen molar-refractivity contribution < 1.29 is 4.79 Å². The highest BCUT2D eigenvalue weighted by Crippen LogP contribution is 2.25. The van der Waals surface area contributed by atoms with E-state index in [1.165, 1.54) is 23.5 Å². The molecule has 2 fully saturated rings. The molecule has 5 nitrogen and oxygen atoms in total. The number of nitrogens with zero attached hydrogens (tertiary/aromatic N) is 3. The van der Waals surface area contributed by atoms with Gasteiger partial charge in [0.05, 0.1) is 10.7 Å². The monoisotopic (exact) mass is 436 g/mol. The Morgan fingerprint density at radius 3 is 2.52 bits per heavy atom. The normalized spacial score (nSPS) is 19.9. The van der Waals surface area contributed by atoms with Crippen LogP contribution in [0.2, 0.25) is 0 Å². The molecule has 1 atom stereocenters. The molecule has 0 spiro atoms. The number of halogens is 2. The zero-order chi connectivity index (χ0) is 17.6. The second-order valence-electron chi connectivity index (χ2n) is 7.51. The van der Waals surface area contributed by atoms with Crippen LogP contribution in [-0.2, 0) is 17.8 Å². The minimum atomic E-state index is 0. The molecule has 1 aromatic heterocycles. The maximum atomic E-state index is 12.6. The van der Waals surface area contributed by atoms with Crippen LogP contribution in [0.1, 0.15) is 43.8 Å². The van der Waals surface area contributed by atoms with Crippen LogP contribution in [0.15, 0.2) is 5.38 Å². The Kier molecular flexibility index (Phi) is 11.2. The number of thiazole rings is 1. The lowest BCUT2D eigenvalue weighted by molar-refractivity contribution is -0.134. The molecule has 0 saturated carbocycles. The molecule has 2 saturated heterocycles. The number of hydrogen-bond acceptors (Lipinski definition) is 5. The topological polar surface area (TPSA) is 48.5 Å². The van der Waals surface area contributed by atoms with Crippen molar-refractivity contribution in [3.63, 3.8) is 0 Å². The van der Waals surface area contributed by atoms with E-state index in [1.807, 2.05) is 0 Å². The highest BCUT2D eigenvalue weighted by molar-refractivity contribution is 7.09. The van der Waals surface area contributed by atoms with E-state index in [9.17, 15) is 4.79 Å². The number of nitrogens with one attached hydrogen (secondary N) is 1. The van der Waals surface area contributed by atoms with Gasteiger partial charge < -0.3 is 10.2 Å². The first kappa shape index (κ1) is 24.6. The van der Waals surface area contributed by atoms with Gasteiger partial charge in [0, 0.05) is 44.5 Å². The van der Waals surface area contributed by atoms with Gasteiger partial charge >= 0.3 is 0 Å². The van der Waals surface area contributed by atoms with E-state index in [0.717, 1.165) is 58.7 Å². The van der Waals surface area contributed by atoms with Crippen molar-refractivity contribution in [1.29, 1.82) is 0 Å². The molecule has 0 aliphatic carbocycles. The summed E-state index contributed by atoms with van der Waals surface area (Å²) in [5, 5.41) is 6.81. The Morgan fingerprint density at radius 2 is 1.93 bits per heavy atom. The number of amides is 1. The van der Waals surface area contributed by atoms with E-state index in [0.29, 0.717) is 17.7 Å². The first-order valence-electron chi connectivity index (χ1n) is 9.79. The molecule has 8 heteroatoms. The largest absolute Gasteiger partial charge is 0.340 e. The van der Waals surface area contributed by atoms with Gasteiger partial charge in [-0.05, 0) is 44.2 Å². The standard InChI is InChI=1S/C19H32N4OS.2ClH/c1-3-18-21-17(14-25-18)13-22-8-10-23(11-9-22)19(24)12-15(2)16-4-6-20-7-5-16;;/h14-16,20H,3-13H2,1-2H3;2*1H. The molecule has 2 aliphatic rings. The van der Waals surface area contributed by atoms with E-state index in [-0.39, 0.29) is 24.8 Å². The molecule has 1 unspecified atom stereocenters. The lowest BCUT2D eigenvalue weighted by Gasteiger charge is -2.36. The smallest absolute Gasteiger partial charge is 0.222 e. The van der Waals surface area contributed by atoms with Crippen molar-refractivity contribution in [3.05, 3.63) is 16.1 Å². The fourth-order valence-electron chi connectivity index (χ4n) is 3.95. The highest BCUT2D eigenvalue weighted by atomic mass is 35.5. The number of rotatable bonds is 6. The maximum Gasteiger partial charge on any atom is 0.222 e. The molecular weight excluding hydrogens is 403 g/mol. The molecule has 0 radical (unpaired) electrons. The van der Waals surface area contributed by atoms with E-state index < -0.39 is 0 Å². The number of piperidine rings is 1. The van der Waals surface area contributed by atoms with Crippen LogP contribution >= 0.6 is 36.2 Å². The van der Waals surface area contributed by atoms with Crippen LogP contribution in [0.5, 0.6) is 0 Å². The van der Waals surface area contributed by atoms with Crippen molar-refractivity contribution in [2.45, 2.75) is 46.1 Å². The average molecular weight is 437 g/mol. The Morgan fingerprint density at radius 1 is 1.26 bits per heavy atom. The van der Waals surface area contributed by atoms with Gasteiger partial charge in [0.15, 0.2) is 0 Å². The second-order valence-corrected chi connectivity index (χ2v) is 8.45. The Hall–Kier alpha value is -0.400. The van der Waals surface area contributed by atoms with Crippen LogP contribution < -0.4 is 5.32 Å². The lowest BCUT2D eigenvalue weighted by atomic mass is 9.84. The summed E-state index contributed by atoms with van der Waals surface area (Å²) < 4.78 is 0. The second kappa shape index (κ2) is 12.2. The SMILES string of the molecule is CCc1nc(CN2CCN(C(=O)CC(C)C3CCNCC3)CC2)cs1.Cl.Cl. The van der Waals surface area contributed by atoms with Crippen molar-refractivity contribution >= 4 is 42.1 Å². The molecule has 0 bridgehead atoms. The third-order valence-electron chi connectivity index (χ3n) is 5.70. The quantitative estimate of drug-likeness (QED) is 0.743. The minimum absolute atomic E-state index is 0. The summed E-state index contributed by atoms with van der Waals surface area (Å²) in [6.45, 7) is 11.2. The van der Waals surface area contributed by atoms with E-state index in [1.54, 1.807) is 11.3 Å². The molecule has 2 aliphatic heterocycles. The van der Waals surface area contributed by atoms with Crippen LogP contribution in [0.3, 0.4) is 0 Å². The van der Waals surface area contributed by atoms with Crippen molar-refractivity contribution in [2.24, 2.45) is 11.8 Å². The molecule has 156 valence electrons. The third-order valence-corrected chi connectivity index (χ3v) is 6.74. The third kappa shape index (κ3) is 7.17. The Balaban J connectivity index is 0.00000182. The summed E-state index contributed by atoms with van der Waals surface area (Å²) in [6, 6.07) is 0. The summed E-state index contributed by atoms with van der Waals surface area (Å²) in [6.07, 6.45) is 4.17. The molecule has 1 N–H and O–H groups in total. The van der Waals surface area contributed by atoms with Gasteiger partial charge in [-0.1, -0.05) is 13.8 Å². The molecule has 1 aromatic rings. The predicted molar refractivity (Wildman–Crippen MR) is 117 cm³/mol. The number of piperazine rings is 1. The average Bonchev–Trinajstić information content (AvgIpc) is 3.10. The molecule has 3 rings (SSSR count). The molecule has 27 heavy (non-hydrogen) atoms. The van der Waals surface area contributed by atoms with Gasteiger partial charge in [-0.3, -0.25) is 9.69 Å². The predicted octanol–water partition coefficient (Wildman–Crippen LogP) is 3.22. The van der Waals surface area contributed by atoms with E-state index in [2.05, 4.69) is 39.3 Å². The van der Waals surface area contributed by atoms with Gasteiger partial charge in [0.25, 0.3) is 0 Å². The molecule has 1 amide bonds. The highest BCUT2D eigenvalue weighted by Gasteiger charge is 2.26. The summed E-state index contributed by atoms with van der Waals surface area (Å²) in [5.41, 5.74) is 1.18. The first-order valence-corrected chi connectivity index (χ1v) is 10.7.